The van der Waals surface area contributed by atoms with Crippen molar-refractivity contribution in [2.45, 2.75) is 0 Å². The predicted molar refractivity (Wildman–Crippen MR) is 113 cm³/mol. The summed E-state index contributed by atoms with van der Waals surface area (Å²) in [5.74, 6) is -0.768. The number of fused-ring (bicyclic) bond motifs is 1. The van der Waals surface area contributed by atoms with E-state index in [1.807, 2.05) is 35.7 Å². The first-order chi connectivity index (χ1) is 14.1. The number of para-hydroxylation sites is 1. The summed E-state index contributed by atoms with van der Waals surface area (Å²) in [5, 5.41) is 5.62. The van der Waals surface area contributed by atoms with Gasteiger partial charge in [0.2, 0.25) is 0 Å². The Labute approximate surface area is 175 Å². The zero-order chi connectivity index (χ0) is 20.2. The number of anilines is 1. The van der Waals surface area contributed by atoms with Gasteiger partial charge in [0.15, 0.2) is 6.61 Å². The van der Waals surface area contributed by atoms with Gasteiger partial charge in [-0.1, -0.05) is 35.9 Å². The monoisotopic (exact) mass is 423 g/mol. The van der Waals surface area contributed by atoms with Crippen LogP contribution < -0.4 is 5.32 Å². The lowest BCUT2D eigenvalue weighted by atomic mass is 10.1. The Balaban J connectivity index is 1.53. The second kappa shape index (κ2) is 8.38. The van der Waals surface area contributed by atoms with Crippen LogP contribution in [-0.2, 0) is 9.53 Å². The molecule has 4 aromatic rings. The van der Waals surface area contributed by atoms with Crippen LogP contribution in [0.5, 0.6) is 0 Å². The first-order valence-corrected chi connectivity index (χ1v) is 9.88. The van der Waals surface area contributed by atoms with E-state index in [0.29, 0.717) is 33.0 Å². The number of esters is 1. The van der Waals surface area contributed by atoms with Gasteiger partial charge in [-0.25, -0.2) is 14.8 Å². The molecule has 1 aromatic carbocycles. The van der Waals surface area contributed by atoms with Gasteiger partial charge < -0.3 is 10.1 Å². The number of halogens is 1. The van der Waals surface area contributed by atoms with E-state index in [9.17, 15) is 9.59 Å². The highest BCUT2D eigenvalue weighted by Gasteiger charge is 2.17. The van der Waals surface area contributed by atoms with E-state index >= 15 is 0 Å². The van der Waals surface area contributed by atoms with Crippen molar-refractivity contribution in [2.75, 3.05) is 11.9 Å². The number of pyridine rings is 2. The summed E-state index contributed by atoms with van der Waals surface area (Å²) in [6.45, 7) is -0.436. The number of nitrogens with zero attached hydrogens (tertiary/aromatic N) is 2. The smallest absolute Gasteiger partial charge is 0.339 e. The number of benzene rings is 1. The summed E-state index contributed by atoms with van der Waals surface area (Å²) in [6, 6.07) is 16.0. The van der Waals surface area contributed by atoms with Gasteiger partial charge in [-0.05, 0) is 35.7 Å². The lowest BCUT2D eigenvalue weighted by Crippen LogP contribution is -2.21. The predicted octanol–water partition coefficient (Wildman–Crippen LogP) is 4.81. The Hall–Kier alpha value is -3.29. The van der Waals surface area contributed by atoms with Crippen molar-refractivity contribution in [3.63, 3.8) is 0 Å². The van der Waals surface area contributed by atoms with E-state index in [1.165, 1.54) is 17.5 Å². The molecule has 6 nitrogen and oxygen atoms in total. The van der Waals surface area contributed by atoms with Gasteiger partial charge in [-0.3, -0.25) is 4.79 Å². The van der Waals surface area contributed by atoms with Gasteiger partial charge in [-0.15, -0.1) is 11.3 Å². The van der Waals surface area contributed by atoms with E-state index in [4.69, 9.17) is 16.3 Å². The molecule has 3 aromatic heterocycles. The van der Waals surface area contributed by atoms with Crippen LogP contribution in [0.4, 0.5) is 5.82 Å². The van der Waals surface area contributed by atoms with Crippen LogP contribution in [0.15, 0.2) is 66.2 Å². The van der Waals surface area contributed by atoms with Crippen LogP contribution >= 0.6 is 22.9 Å². The summed E-state index contributed by atoms with van der Waals surface area (Å²) < 4.78 is 5.24. The molecule has 0 fully saturated rings. The number of hydrogen-bond acceptors (Lipinski definition) is 6. The molecule has 0 saturated heterocycles. The van der Waals surface area contributed by atoms with Crippen molar-refractivity contribution in [2.24, 2.45) is 0 Å². The van der Waals surface area contributed by atoms with Gasteiger partial charge in [0, 0.05) is 11.6 Å². The van der Waals surface area contributed by atoms with E-state index in [-0.39, 0.29) is 0 Å². The molecule has 0 aliphatic heterocycles. The first-order valence-electron chi connectivity index (χ1n) is 8.62. The van der Waals surface area contributed by atoms with E-state index in [1.54, 1.807) is 24.3 Å². The Morgan fingerprint density at radius 1 is 1.10 bits per heavy atom. The molecular weight excluding hydrogens is 410 g/mol. The molecule has 1 amide bonds. The molecule has 144 valence electrons. The van der Waals surface area contributed by atoms with Crippen LogP contribution in [0.3, 0.4) is 0 Å². The topological polar surface area (TPSA) is 81.2 Å². The number of hydrogen-bond donors (Lipinski definition) is 1. The van der Waals surface area contributed by atoms with Crippen molar-refractivity contribution in [1.82, 2.24) is 9.97 Å². The Bertz CT molecular complexity index is 1180. The summed E-state index contributed by atoms with van der Waals surface area (Å²) in [6.07, 6.45) is 1.42. The molecule has 0 bridgehead atoms. The largest absolute Gasteiger partial charge is 0.452 e. The fourth-order valence-electron chi connectivity index (χ4n) is 2.73. The van der Waals surface area contributed by atoms with Crippen molar-refractivity contribution in [1.29, 1.82) is 0 Å². The Morgan fingerprint density at radius 3 is 2.72 bits per heavy atom. The fraction of sp³-hybridized carbons (Fsp3) is 0.0476. The SMILES string of the molecule is O=C(COC(=O)c1cc(-c2cccs2)nc2ccccc12)Nc1ccc(Cl)cn1. The standard InChI is InChI=1S/C21H14ClN3O3S/c22-13-7-8-19(23-11-13)25-20(26)12-28-21(27)15-10-17(18-6-3-9-29-18)24-16-5-2-1-4-14(15)16/h1-11H,12H2,(H,23,25,26). The minimum Gasteiger partial charge on any atom is -0.452 e. The molecule has 0 radical (unpaired) electrons. The third kappa shape index (κ3) is 4.42. The van der Waals surface area contributed by atoms with Crippen molar-refractivity contribution < 1.29 is 14.3 Å². The maximum Gasteiger partial charge on any atom is 0.339 e. The van der Waals surface area contributed by atoms with Gasteiger partial charge in [-0.2, -0.15) is 0 Å². The van der Waals surface area contributed by atoms with E-state index < -0.39 is 18.5 Å². The first kappa shape index (κ1) is 19.0. The van der Waals surface area contributed by atoms with Crippen LogP contribution in [0.25, 0.3) is 21.5 Å². The number of aromatic nitrogens is 2. The second-order valence-electron chi connectivity index (χ2n) is 6.04. The van der Waals surface area contributed by atoms with Crippen molar-refractivity contribution in [3.8, 4) is 10.6 Å². The Morgan fingerprint density at radius 2 is 1.97 bits per heavy atom. The molecule has 8 heteroatoms. The molecule has 0 aliphatic carbocycles. The number of nitrogens with one attached hydrogen (secondary N) is 1. The molecular formula is C21H14ClN3O3S. The maximum absolute atomic E-state index is 12.7. The molecule has 0 saturated carbocycles. The van der Waals surface area contributed by atoms with Gasteiger partial charge in [0.05, 0.1) is 26.7 Å². The zero-order valence-corrected chi connectivity index (χ0v) is 16.5. The molecule has 3 heterocycles. The number of ether oxygens (including phenoxy) is 1. The molecule has 4 rings (SSSR count). The van der Waals surface area contributed by atoms with Crippen LogP contribution in [0, 0.1) is 0 Å². The number of thiophene rings is 1. The summed E-state index contributed by atoms with van der Waals surface area (Å²) >= 11 is 7.30. The minimum atomic E-state index is -0.597. The normalized spacial score (nSPS) is 10.7. The number of rotatable bonds is 5. The Kier molecular flexibility index (Phi) is 5.50. The molecule has 1 N–H and O–H groups in total. The van der Waals surface area contributed by atoms with Crippen LogP contribution in [0.1, 0.15) is 10.4 Å². The van der Waals surface area contributed by atoms with Gasteiger partial charge in [0.1, 0.15) is 5.82 Å². The van der Waals surface area contributed by atoms with Crippen LogP contribution in [0.2, 0.25) is 5.02 Å². The highest BCUT2D eigenvalue weighted by atomic mass is 35.5. The number of carbonyl (C=O) groups is 2. The summed E-state index contributed by atoms with van der Waals surface area (Å²) in [7, 11) is 0. The molecule has 29 heavy (non-hydrogen) atoms. The minimum absolute atomic E-state index is 0.324. The van der Waals surface area contributed by atoms with E-state index in [2.05, 4.69) is 15.3 Å². The summed E-state index contributed by atoms with van der Waals surface area (Å²) in [4.78, 5) is 34.3. The highest BCUT2D eigenvalue weighted by Crippen LogP contribution is 2.28. The van der Waals surface area contributed by atoms with Crippen molar-refractivity contribution >= 4 is 51.5 Å². The average molecular weight is 424 g/mol. The van der Waals surface area contributed by atoms with Gasteiger partial charge >= 0.3 is 5.97 Å². The molecule has 0 atom stereocenters. The second-order valence-corrected chi connectivity index (χ2v) is 7.42. The quantitative estimate of drug-likeness (QED) is 0.466. The van der Waals surface area contributed by atoms with E-state index in [0.717, 1.165) is 4.88 Å². The van der Waals surface area contributed by atoms with Gasteiger partial charge in [0.25, 0.3) is 5.91 Å². The third-order valence-corrected chi connectivity index (χ3v) is 5.15. The lowest BCUT2D eigenvalue weighted by Gasteiger charge is -2.09. The lowest BCUT2D eigenvalue weighted by molar-refractivity contribution is -0.119. The summed E-state index contributed by atoms with van der Waals surface area (Å²) in [5.41, 5.74) is 1.72. The van der Waals surface area contributed by atoms with Crippen LogP contribution in [-0.4, -0.2) is 28.5 Å². The average Bonchev–Trinajstić information content (AvgIpc) is 3.28. The molecule has 0 aliphatic rings. The molecule has 0 spiro atoms. The number of amides is 1. The zero-order valence-electron chi connectivity index (χ0n) is 15.0. The maximum atomic E-state index is 12.7. The third-order valence-electron chi connectivity index (χ3n) is 4.04. The number of carbonyl (C=O) groups excluding carboxylic acids is 2. The van der Waals surface area contributed by atoms with Crippen molar-refractivity contribution in [3.05, 3.63) is 76.8 Å². The highest BCUT2D eigenvalue weighted by molar-refractivity contribution is 7.13. The fourth-order valence-corrected chi connectivity index (χ4v) is 3.53. The molecule has 0 unspecified atom stereocenters.